The molecule has 2 rings (SSSR count). The molecule has 0 atom stereocenters. The lowest BCUT2D eigenvalue weighted by molar-refractivity contribution is 0.562. The van der Waals surface area contributed by atoms with E-state index >= 15 is 0 Å². The molecule has 0 aliphatic heterocycles. The molecule has 0 aliphatic carbocycles. The Kier molecular flexibility index (Phi) is 11.2. The minimum absolute atomic E-state index is 0.730. The van der Waals surface area contributed by atoms with E-state index in [4.69, 9.17) is 20.4 Å². The Morgan fingerprint density at radius 3 is 1.29 bits per heavy atom. The van der Waals surface area contributed by atoms with Crippen LogP contribution in [0.4, 0.5) is 11.4 Å². The molecule has 2 aromatic carbocycles. The van der Waals surface area contributed by atoms with Gasteiger partial charge < -0.3 is 10.6 Å². The maximum atomic E-state index is 8.35. The van der Waals surface area contributed by atoms with Gasteiger partial charge in [-0.05, 0) is 24.3 Å². The molecule has 4 N–H and O–H groups in total. The van der Waals surface area contributed by atoms with Crippen LogP contribution in [-0.2, 0) is 9.59 Å². The van der Waals surface area contributed by atoms with Gasteiger partial charge in [0, 0.05) is 11.4 Å². The zero-order valence-corrected chi connectivity index (χ0v) is 11.3. The lowest BCUT2D eigenvalue weighted by Gasteiger charge is -2.08. The normalized spacial score (nSPS) is 7.62. The number of carbonyl (C=O) groups excluding carboxylic acids is 2. The van der Waals surface area contributed by atoms with Gasteiger partial charge in [-0.3, -0.25) is 0 Å². The number of hydrogen-bond acceptors (Lipinski definition) is 6. The second-order valence-electron chi connectivity index (χ2n) is 3.47. The summed E-state index contributed by atoms with van der Waals surface area (Å²) in [5.41, 5.74) is 2.25. The molecule has 0 saturated carbocycles. The standard InChI is InChI=1S/C13H14N2.2CHNO/c1-3-7-12(8-4-1)14-11-15-13-9-5-2-6-10-13;2*2-1-3/h1-10,14-15H,11H2;2*2H. The molecule has 0 fully saturated rings. The van der Waals surface area contributed by atoms with Gasteiger partial charge >= 0.3 is 0 Å². The SMILES string of the molecule is N=C=O.N=C=O.c1ccc(NCNc2ccccc2)cc1. The summed E-state index contributed by atoms with van der Waals surface area (Å²) in [6.45, 7) is 0.730. The average molecular weight is 284 g/mol. The zero-order valence-electron chi connectivity index (χ0n) is 11.3. The molecule has 0 bridgehead atoms. The minimum Gasteiger partial charge on any atom is -0.368 e. The lowest BCUT2D eigenvalue weighted by atomic mass is 10.3. The number of hydrogen-bond donors (Lipinski definition) is 4. The fraction of sp³-hybridized carbons (Fsp3) is 0.0667. The van der Waals surface area contributed by atoms with Gasteiger partial charge in [-0.15, -0.1) is 0 Å². The van der Waals surface area contributed by atoms with Crippen LogP contribution in [0.1, 0.15) is 0 Å². The smallest absolute Gasteiger partial charge is 0.231 e. The Hall–Kier alpha value is -3.20. The van der Waals surface area contributed by atoms with E-state index < -0.39 is 0 Å². The van der Waals surface area contributed by atoms with Crippen LogP contribution in [0.2, 0.25) is 0 Å². The van der Waals surface area contributed by atoms with Gasteiger partial charge in [-0.25, -0.2) is 20.4 Å². The third-order valence-electron chi connectivity index (χ3n) is 2.13. The summed E-state index contributed by atoms with van der Waals surface area (Å²) in [5, 5.41) is 17.4. The quantitative estimate of drug-likeness (QED) is 0.393. The van der Waals surface area contributed by atoms with Crippen molar-refractivity contribution in [1.29, 1.82) is 10.8 Å². The third-order valence-corrected chi connectivity index (χ3v) is 2.13. The van der Waals surface area contributed by atoms with Crippen LogP contribution < -0.4 is 10.6 Å². The zero-order chi connectivity index (χ0) is 15.8. The van der Waals surface area contributed by atoms with Crippen molar-refractivity contribution < 1.29 is 9.59 Å². The second kappa shape index (κ2) is 13.2. The maximum absolute atomic E-state index is 8.35. The summed E-state index contributed by atoms with van der Waals surface area (Å²) in [4.78, 5) is 16.7. The molecule has 0 radical (unpaired) electrons. The summed E-state index contributed by atoms with van der Waals surface area (Å²) in [7, 11) is 0. The summed E-state index contributed by atoms with van der Waals surface area (Å²) in [5.74, 6) is 0. The van der Waals surface area contributed by atoms with E-state index in [1.807, 2.05) is 60.7 Å². The summed E-state index contributed by atoms with van der Waals surface area (Å²) < 4.78 is 0. The summed E-state index contributed by atoms with van der Waals surface area (Å²) in [6.07, 6.45) is 1.50. The molecule has 108 valence electrons. The van der Waals surface area contributed by atoms with Crippen molar-refractivity contribution in [3.05, 3.63) is 60.7 Å². The minimum atomic E-state index is 0.730. The first-order valence-electron chi connectivity index (χ1n) is 5.94. The lowest BCUT2D eigenvalue weighted by Crippen LogP contribution is -2.11. The molecular formula is C15H16N4O2. The molecule has 0 aliphatic rings. The highest BCUT2D eigenvalue weighted by Gasteiger charge is 1.89. The fourth-order valence-corrected chi connectivity index (χ4v) is 1.36. The van der Waals surface area contributed by atoms with E-state index in [9.17, 15) is 0 Å². The largest absolute Gasteiger partial charge is 0.368 e. The first-order valence-corrected chi connectivity index (χ1v) is 5.94. The molecule has 6 nitrogen and oxygen atoms in total. The topological polar surface area (TPSA) is 106 Å². The number of nitrogens with one attached hydrogen (secondary N) is 4. The highest BCUT2D eigenvalue weighted by Crippen LogP contribution is 2.06. The molecule has 0 amide bonds. The van der Waals surface area contributed by atoms with Gasteiger partial charge in [-0.2, -0.15) is 0 Å². The average Bonchev–Trinajstić information content (AvgIpc) is 2.51. The van der Waals surface area contributed by atoms with Crippen molar-refractivity contribution in [2.24, 2.45) is 0 Å². The van der Waals surface area contributed by atoms with Crippen LogP contribution in [0, 0.1) is 10.8 Å². The van der Waals surface area contributed by atoms with Crippen LogP contribution in [0.5, 0.6) is 0 Å². The summed E-state index contributed by atoms with van der Waals surface area (Å²) in [6, 6.07) is 20.3. The Labute approximate surface area is 122 Å². The van der Waals surface area contributed by atoms with Crippen molar-refractivity contribution in [3.8, 4) is 0 Å². The number of para-hydroxylation sites is 2. The van der Waals surface area contributed by atoms with E-state index in [1.54, 1.807) is 0 Å². The monoisotopic (exact) mass is 284 g/mol. The van der Waals surface area contributed by atoms with Crippen molar-refractivity contribution >= 4 is 23.5 Å². The van der Waals surface area contributed by atoms with Gasteiger partial charge in [0.2, 0.25) is 12.2 Å². The van der Waals surface area contributed by atoms with Crippen molar-refractivity contribution in [3.63, 3.8) is 0 Å². The third kappa shape index (κ3) is 10.4. The predicted molar refractivity (Wildman–Crippen MR) is 81.8 cm³/mol. The van der Waals surface area contributed by atoms with Gasteiger partial charge in [0.1, 0.15) is 0 Å². The summed E-state index contributed by atoms with van der Waals surface area (Å²) >= 11 is 0. The molecule has 2 aromatic rings. The van der Waals surface area contributed by atoms with E-state index in [1.165, 1.54) is 0 Å². The second-order valence-corrected chi connectivity index (χ2v) is 3.47. The van der Waals surface area contributed by atoms with Crippen LogP contribution in [0.3, 0.4) is 0 Å². The Morgan fingerprint density at radius 1 is 0.714 bits per heavy atom. The van der Waals surface area contributed by atoms with Gasteiger partial charge in [0.05, 0.1) is 6.67 Å². The van der Waals surface area contributed by atoms with Crippen LogP contribution in [0.25, 0.3) is 0 Å². The van der Waals surface area contributed by atoms with E-state index in [-0.39, 0.29) is 0 Å². The number of rotatable bonds is 4. The van der Waals surface area contributed by atoms with Crippen LogP contribution >= 0.6 is 0 Å². The Balaban J connectivity index is 0.000000578. The Morgan fingerprint density at radius 2 is 1.00 bits per heavy atom. The van der Waals surface area contributed by atoms with Gasteiger partial charge in [0.25, 0.3) is 0 Å². The van der Waals surface area contributed by atoms with E-state index in [0.717, 1.165) is 30.2 Å². The van der Waals surface area contributed by atoms with Crippen molar-refractivity contribution in [1.82, 2.24) is 0 Å². The van der Waals surface area contributed by atoms with Gasteiger partial charge in [-0.1, -0.05) is 36.4 Å². The molecule has 0 unspecified atom stereocenters. The predicted octanol–water partition coefficient (Wildman–Crippen LogP) is 2.97. The maximum Gasteiger partial charge on any atom is 0.231 e. The number of anilines is 2. The molecule has 21 heavy (non-hydrogen) atoms. The first kappa shape index (κ1) is 17.8. The van der Waals surface area contributed by atoms with Gasteiger partial charge in [0.15, 0.2) is 0 Å². The number of benzene rings is 2. The fourth-order valence-electron chi connectivity index (χ4n) is 1.36. The van der Waals surface area contributed by atoms with E-state index in [0.29, 0.717) is 0 Å². The molecule has 0 aromatic heterocycles. The first-order chi connectivity index (χ1) is 10.3. The van der Waals surface area contributed by atoms with Crippen LogP contribution in [0.15, 0.2) is 60.7 Å². The molecule has 0 saturated heterocycles. The Bertz CT molecular complexity index is 495. The number of isocyanates is 2. The molecular weight excluding hydrogens is 268 g/mol. The highest BCUT2D eigenvalue weighted by atomic mass is 16.1. The van der Waals surface area contributed by atoms with Crippen molar-refractivity contribution in [2.75, 3.05) is 17.3 Å². The van der Waals surface area contributed by atoms with E-state index in [2.05, 4.69) is 10.6 Å². The van der Waals surface area contributed by atoms with Crippen molar-refractivity contribution in [2.45, 2.75) is 0 Å². The molecule has 0 heterocycles. The highest BCUT2D eigenvalue weighted by molar-refractivity contribution is 5.47. The molecule has 6 heteroatoms. The van der Waals surface area contributed by atoms with Crippen LogP contribution in [-0.4, -0.2) is 18.8 Å². The molecule has 0 spiro atoms.